The number of rotatable bonds is 2. The Bertz CT molecular complexity index is 1040. The van der Waals surface area contributed by atoms with Crippen molar-refractivity contribution in [2.75, 3.05) is 25.0 Å². The molecule has 1 amide bonds. The molecule has 1 N–H and O–H groups in total. The van der Waals surface area contributed by atoms with E-state index in [1.165, 1.54) is 0 Å². The largest absolute Gasteiger partial charge is 0.367 e. The van der Waals surface area contributed by atoms with Gasteiger partial charge in [-0.25, -0.2) is 9.97 Å². The summed E-state index contributed by atoms with van der Waals surface area (Å²) in [5, 5.41) is 8.14. The first kappa shape index (κ1) is 17.1. The molecule has 28 heavy (non-hydrogen) atoms. The number of carbonyl (C=O) groups is 1. The van der Waals surface area contributed by atoms with E-state index in [4.69, 9.17) is 9.72 Å². The predicted octanol–water partition coefficient (Wildman–Crippen LogP) is 1.76. The number of nitrogens with zero attached hydrogens (tertiary/aromatic N) is 5. The van der Waals surface area contributed by atoms with E-state index in [2.05, 4.69) is 20.3 Å². The zero-order chi connectivity index (χ0) is 19.1. The fourth-order valence-electron chi connectivity index (χ4n) is 4.02. The third-order valence-electron chi connectivity index (χ3n) is 5.72. The van der Waals surface area contributed by atoms with Crippen molar-refractivity contribution in [3.8, 4) is 0 Å². The van der Waals surface area contributed by atoms with Gasteiger partial charge in [-0.05, 0) is 25.0 Å². The van der Waals surface area contributed by atoms with Gasteiger partial charge in [-0.3, -0.25) is 9.48 Å². The summed E-state index contributed by atoms with van der Waals surface area (Å²) in [6.07, 6.45) is 3.63. The molecule has 2 aliphatic rings. The van der Waals surface area contributed by atoms with Crippen LogP contribution in [-0.2, 0) is 17.9 Å². The third kappa shape index (κ3) is 2.90. The van der Waals surface area contributed by atoms with Crippen LogP contribution in [0.3, 0.4) is 0 Å². The second-order valence-corrected chi connectivity index (χ2v) is 7.45. The molecule has 2 aromatic heterocycles. The molecule has 0 aliphatic carbocycles. The smallest absolute Gasteiger partial charge is 0.271 e. The molecule has 1 aromatic carbocycles. The number of piperidine rings is 1. The summed E-state index contributed by atoms with van der Waals surface area (Å²) in [4.78, 5) is 23.3. The molecule has 144 valence electrons. The summed E-state index contributed by atoms with van der Waals surface area (Å²) in [5.41, 5.74) is 2.11. The molecule has 2 aliphatic heterocycles. The van der Waals surface area contributed by atoms with Gasteiger partial charge in [-0.1, -0.05) is 18.2 Å². The molecule has 8 heteroatoms. The molecule has 0 radical (unpaired) electrons. The highest BCUT2D eigenvalue weighted by Gasteiger charge is 2.40. The van der Waals surface area contributed by atoms with Crippen LogP contribution >= 0.6 is 0 Å². The Morgan fingerprint density at radius 3 is 2.89 bits per heavy atom. The Hall–Kier alpha value is -3.00. The molecule has 1 spiro atoms. The quantitative estimate of drug-likeness (QED) is 0.731. The SMILES string of the molecule is CNC(=O)c1cc2n(n1)CC1(CCN(c3ncc4ccccc4n3)CC1)OC2. The van der Waals surface area contributed by atoms with Crippen molar-refractivity contribution in [1.82, 2.24) is 25.1 Å². The van der Waals surface area contributed by atoms with Gasteiger partial charge in [-0.15, -0.1) is 0 Å². The van der Waals surface area contributed by atoms with Crippen LogP contribution in [0.1, 0.15) is 29.0 Å². The zero-order valence-electron chi connectivity index (χ0n) is 15.8. The number of hydrogen-bond donors (Lipinski definition) is 1. The summed E-state index contributed by atoms with van der Waals surface area (Å²) in [6.45, 7) is 2.82. The topological polar surface area (TPSA) is 85.2 Å². The molecule has 0 atom stereocenters. The first-order valence-corrected chi connectivity index (χ1v) is 9.55. The maximum atomic E-state index is 11.8. The van der Waals surface area contributed by atoms with Crippen LogP contribution in [0.4, 0.5) is 5.95 Å². The van der Waals surface area contributed by atoms with Crippen molar-refractivity contribution in [3.05, 3.63) is 47.9 Å². The highest BCUT2D eigenvalue weighted by molar-refractivity contribution is 5.92. The van der Waals surface area contributed by atoms with Crippen molar-refractivity contribution in [2.24, 2.45) is 0 Å². The molecule has 4 heterocycles. The standard InChI is InChI=1S/C20H22N6O2/c1-21-18(27)17-10-15-12-28-20(13-26(15)24-17)6-8-25(9-7-20)19-22-11-14-4-2-3-5-16(14)23-19/h2-5,10-11H,6-9,12-13H2,1H3,(H,21,27). The molecule has 1 saturated heterocycles. The van der Waals surface area contributed by atoms with Gasteiger partial charge in [0.05, 0.1) is 30.0 Å². The number of hydrogen-bond acceptors (Lipinski definition) is 6. The number of benzene rings is 1. The second-order valence-electron chi connectivity index (χ2n) is 7.45. The number of aromatic nitrogens is 4. The molecular formula is C20H22N6O2. The first-order valence-electron chi connectivity index (χ1n) is 9.55. The lowest BCUT2D eigenvalue weighted by Gasteiger charge is -2.43. The molecule has 0 bridgehead atoms. The second kappa shape index (κ2) is 6.56. The molecular weight excluding hydrogens is 356 g/mol. The molecule has 8 nitrogen and oxygen atoms in total. The lowest BCUT2D eigenvalue weighted by Crippen LogP contribution is -2.51. The van der Waals surface area contributed by atoms with Crippen molar-refractivity contribution in [3.63, 3.8) is 0 Å². The number of nitrogens with one attached hydrogen (secondary N) is 1. The normalized spacial score (nSPS) is 18.2. The van der Waals surface area contributed by atoms with Crippen molar-refractivity contribution in [1.29, 1.82) is 0 Å². The van der Waals surface area contributed by atoms with Crippen LogP contribution in [0.5, 0.6) is 0 Å². The minimum Gasteiger partial charge on any atom is -0.367 e. The van der Waals surface area contributed by atoms with E-state index in [0.717, 1.165) is 48.5 Å². The molecule has 0 saturated carbocycles. The van der Waals surface area contributed by atoms with E-state index in [9.17, 15) is 4.79 Å². The van der Waals surface area contributed by atoms with Crippen molar-refractivity contribution in [2.45, 2.75) is 31.6 Å². The molecule has 1 fully saturated rings. The zero-order valence-corrected chi connectivity index (χ0v) is 15.8. The van der Waals surface area contributed by atoms with Gasteiger partial charge in [0.2, 0.25) is 5.95 Å². The van der Waals surface area contributed by atoms with E-state index in [-0.39, 0.29) is 11.5 Å². The average molecular weight is 378 g/mol. The highest BCUT2D eigenvalue weighted by atomic mass is 16.5. The Morgan fingerprint density at radius 2 is 2.07 bits per heavy atom. The van der Waals surface area contributed by atoms with Crippen LogP contribution in [0.25, 0.3) is 10.9 Å². The van der Waals surface area contributed by atoms with E-state index in [0.29, 0.717) is 18.8 Å². The molecule has 5 rings (SSSR count). The Balaban J connectivity index is 1.31. The van der Waals surface area contributed by atoms with Crippen molar-refractivity contribution < 1.29 is 9.53 Å². The maximum absolute atomic E-state index is 11.8. The van der Waals surface area contributed by atoms with E-state index in [1.807, 2.05) is 41.2 Å². The predicted molar refractivity (Wildman–Crippen MR) is 104 cm³/mol. The van der Waals surface area contributed by atoms with Gasteiger partial charge in [0.1, 0.15) is 0 Å². The van der Waals surface area contributed by atoms with Gasteiger partial charge in [0.15, 0.2) is 5.69 Å². The monoisotopic (exact) mass is 378 g/mol. The fourth-order valence-corrected chi connectivity index (χ4v) is 4.02. The van der Waals surface area contributed by atoms with Gasteiger partial charge in [0, 0.05) is 31.7 Å². The fraction of sp³-hybridized carbons (Fsp3) is 0.400. The number of anilines is 1. The van der Waals surface area contributed by atoms with Crippen LogP contribution in [0.2, 0.25) is 0 Å². The highest BCUT2D eigenvalue weighted by Crippen LogP contribution is 2.34. The van der Waals surface area contributed by atoms with E-state index < -0.39 is 0 Å². The minimum absolute atomic E-state index is 0.167. The lowest BCUT2D eigenvalue weighted by atomic mass is 9.90. The molecule has 3 aromatic rings. The minimum atomic E-state index is -0.244. The van der Waals surface area contributed by atoms with Crippen LogP contribution in [-0.4, -0.2) is 51.4 Å². The average Bonchev–Trinajstić information content (AvgIpc) is 3.16. The molecule has 0 unspecified atom stereocenters. The van der Waals surface area contributed by atoms with Gasteiger partial charge >= 0.3 is 0 Å². The summed E-state index contributed by atoms with van der Waals surface area (Å²) in [7, 11) is 1.61. The van der Waals surface area contributed by atoms with Gasteiger partial charge in [0.25, 0.3) is 5.91 Å². The lowest BCUT2D eigenvalue weighted by molar-refractivity contribution is -0.106. The Labute approximate surface area is 162 Å². The number of carbonyl (C=O) groups excluding carboxylic acids is 1. The van der Waals surface area contributed by atoms with Crippen molar-refractivity contribution >= 4 is 22.8 Å². The van der Waals surface area contributed by atoms with Crippen LogP contribution in [0, 0.1) is 0 Å². The van der Waals surface area contributed by atoms with Gasteiger partial charge < -0.3 is 15.0 Å². The summed E-state index contributed by atoms with van der Waals surface area (Å²) in [5.74, 6) is 0.602. The van der Waals surface area contributed by atoms with Gasteiger partial charge in [-0.2, -0.15) is 5.10 Å². The van der Waals surface area contributed by atoms with Crippen LogP contribution < -0.4 is 10.2 Å². The maximum Gasteiger partial charge on any atom is 0.271 e. The first-order chi connectivity index (χ1) is 13.7. The number of amides is 1. The third-order valence-corrected chi connectivity index (χ3v) is 5.72. The van der Waals surface area contributed by atoms with E-state index in [1.54, 1.807) is 7.05 Å². The number of fused-ring (bicyclic) bond motifs is 2. The number of ether oxygens (including phenoxy) is 1. The Morgan fingerprint density at radius 1 is 1.25 bits per heavy atom. The number of para-hydroxylation sites is 1. The Kier molecular flexibility index (Phi) is 4.01. The summed E-state index contributed by atoms with van der Waals surface area (Å²) < 4.78 is 8.18. The summed E-state index contributed by atoms with van der Waals surface area (Å²) in [6, 6.07) is 9.84. The van der Waals surface area contributed by atoms with E-state index >= 15 is 0 Å². The van der Waals surface area contributed by atoms with Crippen LogP contribution in [0.15, 0.2) is 36.5 Å². The summed E-state index contributed by atoms with van der Waals surface area (Å²) >= 11 is 0.